The van der Waals surface area contributed by atoms with Gasteiger partial charge in [-0.1, -0.05) is 12.1 Å². The molecular weight excluding hydrogens is 360 g/mol. The van der Waals surface area contributed by atoms with Crippen molar-refractivity contribution in [1.82, 2.24) is 20.1 Å². The van der Waals surface area contributed by atoms with Crippen molar-refractivity contribution in [2.75, 3.05) is 32.7 Å². The second-order valence-corrected chi connectivity index (χ2v) is 8.05. The molecule has 0 aliphatic carbocycles. The maximum absolute atomic E-state index is 12.3. The first-order chi connectivity index (χ1) is 13.2. The van der Waals surface area contributed by atoms with E-state index in [1.165, 1.54) is 4.70 Å². The van der Waals surface area contributed by atoms with Crippen molar-refractivity contribution in [2.45, 2.75) is 19.5 Å². The molecule has 0 unspecified atom stereocenters. The van der Waals surface area contributed by atoms with Crippen LogP contribution in [0.5, 0.6) is 0 Å². The van der Waals surface area contributed by atoms with Crippen molar-refractivity contribution in [3.63, 3.8) is 0 Å². The van der Waals surface area contributed by atoms with Gasteiger partial charge in [-0.2, -0.15) is 0 Å². The van der Waals surface area contributed by atoms with Gasteiger partial charge < -0.3 is 9.73 Å². The van der Waals surface area contributed by atoms with Crippen molar-refractivity contribution < 1.29 is 9.21 Å². The number of fused-ring (bicyclic) bond motifs is 1. The lowest BCUT2D eigenvalue weighted by atomic mass is 10.2. The highest BCUT2D eigenvalue weighted by atomic mass is 32.1. The lowest BCUT2D eigenvalue weighted by Gasteiger charge is -2.33. The van der Waals surface area contributed by atoms with Crippen LogP contribution in [0, 0.1) is 0 Å². The Morgan fingerprint density at radius 2 is 1.96 bits per heavy atom. The molecule has 0 saturated carbocycles. The minimum atomic E-state index is -0.104. The van der Waals surface area contributed by atoms with E-state index in [4.69, 9.17) is 9.40 Å². The zero-order valence-corrected chi connectivity index (χ0v) is 16.2. The zero-order chi connectivity index (χ0) is 18.6. The van der Waals surface area contributed by atoms with Gasteiger partial charge in [0.1, 0.15) is 10.8 Å². The van der Waals surface area contributed by atoms with E-state index in [-0.39, 0.29) is 11.9 Å². The van der Waals surface area contributed by atoms with Crippen LogP contribution in [0.4, 0.5) is 0 Å². The number of nitrogens with one attached hydrogen (secondary N) is 1. The van der Waals surface area contributed by atoms with Crippen molar-refractivity contribution in [2.24, 2.45) is 0 Å². The summed E-state index contributed by atoms with van der Waals surface area (Å²) in [5, 5.41) is 4.16. The van der Waals surface area contributed by atoms with Crippen LogP contribution in [-0.4, -0.2) is 53.4 Å². The van der Waals surface area contributed by atoms with Crippen LogP contribution < -0.4 is 5.32 Å². The molecule has 2 aromatic heterocycles. The number of piperazine rings is 1. The Bertz CT molecular complexity index is 851. The molecule has 1 atom stereocenters. The molecule has 4 rings (SSSR count). The number of thiazole rings is 1. The van der Waals surface area contributed by atoms with E-state index >= 15 is 0 Å². The van der Waals surface area contributed by atoms with Crippen LogP contribution in [0.1, 0.15) is 23.7 Å². The maximum atomic E-state index is 12.3. The van der Waals surface area contributed by atoms with E-state index in [1.54, 1.807) is 17.6 Å². The Labute approximate surface area is 162 Å². The maximum Gasteiger partial charge on any atom is 0.234 e. The van der Waals surface area contributed by atoms with E-state index in [0.29, 0.717) is 6.54 Å². The molecule has 3 heterocycles. The molecule has 1 aliphatic heterocycles. The summed E-state index contributed by atoms with van der Waals surface area (Å²) >= 11 is 1.77. The summed E-state index contributed by atoms with van der Waals surface area (Å²) < 4.78 is 6.58. The van der Waals surface area contributed by atoms with Gasteiger partial charge in [-0.05, 0) is 31.2 Å². The number of carbonyl (C=O) groups excluding carboxylic acids is 1. The Morgan fingerprint density at radius 1 is 1.19 bits per heavy atom. The predicted octanol–water partition coefficient (Wildman–Crippen LogP) is 2.88. The van der Waals surface area contributed by atoms with Crippen LogP contribution in [-0.2, 0) is 11.3 Å². The zero-order valence-electron chi connectivity index (χ0n) is 15.4. The number of carbonyl (C=O) groups is 1. The van der Waals surface area contributed by atoms with E-state index in [2.05, 4.69) is 33.3 Å². The Morgan fingerprint density at radius 3 is 2.70 bits per heavy atom. The molecule has 6 nitrogen and oxygen atoms in total. The second kappa shape index (κ2) is 8.21. The number of furan rings is 1. The fourth-order valence-electron chi connectivity index (χ4n) is 3.38. The van der Waals surface area contributed by atoms with Crippen LogP contribution >= 0.6 is 11.3 Å². The molecule has 1 amide bonds. The van der Waals surface area contributed by atoms with Gasteiger partial charge in [0.05, 0.1) is 35.6 Å². The first-order valence-corrected chi connectivity index (χ1v) is 10.1. The largest absolute Gasteiger partial charge is 0.467 e. The van der Waals surface area contributed by atoms with Gasteiger partial charge >= 0.3 is 0 Å². The molecule has 7 heteroatoms. The lowest BCUT2D eigenvalue weighted by molar-refractivity contribution is -0.123. The molecule has 3 aromatic rings. The number of amides is 1. The fourth-order valence-corrected chi connectivity index (χ4v) is 4.39. The van der Waals surface area contributed by atoms with Crippen molar-refractivity contribution in [3.05, 3.63) is 53.4 Å². The summed E-state index contributed by atoms with van der Waals surface area (Å²) in [4.78, 5) is 21.6. The highest BCUT2D eigenvalue weighted by Gasteiger charge is 2.21. The molecule has 1 fully saturated rings. The molecule has 0 spiro atoms. The molecule has 0 bridgehead atoms. The van der Waals surface area contributed by atoms with E-state index in [0.717, 1.165) is 49.0 Å². The number of para-hydroxylation sites is 1. The molecule has 0 radical (unpaired) electrons. The van der Waals surface area contributed by atoms with Gasteiger partial charge in [-0.15, -0.1) is 11.3 Å². The Hall–Kier alpha value is -2.22. The van der Waals surface area contributed by atoms with E-state index in [9.17, 15) is 4.79 Å². The summed E-state index contributed by atoms with van der Waals surface area (Å²) in [6, 6.07) is 11.9. The summed E-state index contributed by atoms with van der Waals surface area (Å²) in [5.41, 5.74) is 1.08. The lowest BCUT2D eigenvalue weighted by Crippen LogP contribution is -2.49. The van der Waals surface area contributed by atoms with Gasteiger partial charge in [0.15, 0.2) is 0 Å². The van der Waals surface area contributed by atoms with Gasteiger partial charge in [0.25, 0.3) is 0 Å². The predicted molar refractivity (Wildman–Crippen MR) is 107 cm³/mol. The minimum Gasteiger partial charge on any atom is -0.467 e. The topological polar surface area (TPSA) is 61.6 Å². The molecule has 142 valence electrons. The molecular formula is C20H24N4O2S. The summed E-state index contributed by atoms with van der Waals surface area (Å²) in [5.74, 6) is 0.822. The average molecular weight is 385 g/mol. The minimum absolute atomic E-state index is 0.0403. The molecule has 1 N–H and O–H groups in total. The number of benzene rings is 1. The first-order valence-electron chi connectivity index (χ1n) is 9.29. The summed E-state index contributed by atoms with van der Waals surface area (Å²) in [6.07, 6.45) is 1.63. The monoisotopic (exact) mass is 384 g/mol. The Kier molecular flexibility index (Phi) is 5.52. The van der Waals surface area contributed by atoms with Gasteiger partial charge in [-0.25, -0.2) is 4.98 Å². The van der Waals surface area contributed by atoms with E-state index in [1.807, 2.05) is 25.1 Å². The highest BCUT2D eigenvalue weighted by molar-refractivity contribution is 7.18. The van der Waals surface area contributed by atoms with Crippen LogP contribution in [0.25, 0.3) is 10.2 Å². The quantitative estimate of drug-likeness (QED) is 0.708. The smallest absolute Gasteiger partial charge is 0.234 e. The normalized spacial score (nSPS) is 17.2. The third-order valence-electron chi connectivity index (χ3n) is 4.88. The SMILES string of the molecule is C[C@H](NC(=O)CN1CCN(Cc2nc3ccccc3s2)CC1)c1ccco1. The number of hydrogen-bond acceptors (Lipinski definition) is 6. The van der Waals surface area contributed by atoms with Gasteiger partial charge in [-0.3, -0.25) is 14.6 Å². The summed E-state index contributed by atoms with van der Waals surface area (Å²) in [6.45, 7) is 6.95. The third-order valence-corrected chi connectivity index (χ3v) is 5.90. The van der Waals surface area contributed by atoms with Gasteiger partial charge in [0.2, 0.25) is 5.91 Å². The number of rotatable bonds is 6. The first kappa shape index (κ1) is 18.2. The van der Waals surface area contributed by atoms with Crippen molar-refractivity contribution in [3.8, 4) is 0 Å². The van der Waals surface area contributed by atoms with Crippen molar-refractivity contribution >= 4 is 27.5 Å². The highest BCUT2D eigenvalue weighted by Crippen LogP contribution is 2.23. The van der Waals surface area contributed by atoms with E-state index < -0.39 is 0 Å². The molecule has 1 aromatic carbocycles. The standard InChI is InChI=1S/C20H24N4O2S/c1-15(17-6-4-12-26-17)21-19(25)13-23-8-10-24(11-9-23)14-20-22-16-5-2-3-7-18(16)27-20/h2-7,12,15H,8-11,13-14H2,1H3,(H,21,25)/t15-/m0/s1. The fraction of sp³-hybridized carbons (Fsp3) is 0.400. The molecule has 1 saturated heterocycles. The third kappa shape index (κ3) is 4.55. The number of nitrogens with zero attached hydrogens (tertiary/aromatic N) is 3. The number of aromatic nitrogens is 1. The summed E-state index contributed by atoms with van der Waals surface area (Å²) in [7, 11) is 0. The van der Waals surface area contributed by atoms with Crippen LogP contribution in [0.15, 0.2) is 47.1 Å². The second-order valence-electron chi connectivity index (χ2n) is 6.93. The number of hydrogen-bond donors (Lipinski definition) is 1. The Balaban J connectivity index is 1.23. The van der Waals surface area contributed by atoms with Crippen LogP contribution in [0.2, 0.25) is 0 Å². The van der Waals surface area contributed by atoms with Crippen LogP contribution in [0.3, 0.4) is 0 Å². The average Bonchev–Trinajstić information content (AvgIpc) is 3.32. The molecule has 27 heavy (non-hydrogen) atoms. The molecule has 1 aliphatic rings. The van der Waals surface area contributed by atoms with Gasteiger partial charge in [0, 0.05) is 26.2 Å². The van der Waals surface area contributed by atoms with Crippen molar-refractivity contribution in [1.29, 1.82) is 0 Å².